The zero-order valence-corrected chi connectivity index (χ0v) is 23.2. The third kappa shape index (κ3) is 6.53. The summed E-state index contributed by atoms with van der Waals surface area (Å²) in [5.74, 6) is -0.497. The minimum absolute atomic E-state index is 0.0426. The predicted octanol–water partition coefficient (Wildman–Crippen LogP) is 6.88. The Morgan fingerprint density at radius 3 is 2.32 bits per heavy atom. The number of amides is 1. The van der Waals surface area contributed by atoms with Crippen molar-refractivity contribution in [2.45, 2.75) is 45.8 Å². The van der Waals surface area contributed by atoms with Gasteiger partial charge in [0.15, 0.2) is 0 Å². The van der Waals surface area contributed by atoms with E-state index in [1.54, 1.807) is 25.3 Å². The second-order valence-corrected chi connectivity index (χ2v) is 10.4. The van der Waals surface area contributed by atoms with Gasteiger partial charge in [-0.25, -0.2) is 0 Å². The number of carbonyl (C=O) groups is 2. The molecule has 10 heteroatoms. The molecule has 1 heterocycles. The number of carboxylic acid groups (broad SMARTS) is 1. The molecule has 0 spiro atoms. The van der Waals surface area contributed by atoms with E-state index >= 15 is 0 Å². The molecule has 0 aliphatic heterocycles. The van der Waals surface area contributed by atoms with E-state index in [0.29, 0.717) is 33.9 Å². The molecule has 0 saturated carbocycles. The standard InChI is InChI=1S/C31H32F3N3O4/c1-18(2)15-27(20-5-7-21(8-6-20)30(40)35-14-13-28(38)39)37-26-12-11-24(29(41-4)25(26)17-36-37)23-10-9-22(16-19(23)3)31(32,33)34/h5-12,16-18,27H,13-15H2,1-4H3,(H,35,40)(H,38,39)/t27-/m1/s1. The van der Waals surface area contributed by atoms with Gasteiger partial charge in [0.1, 0.15) is 5.75 Å². The maximum absolute atomic E-state index is 13.2. The average molecular weight is 568 g/mol. The van der Waals surface area contributed by atoms with Gasteiger partial charge in [0.05, 0.1) is 42.2 Å². The van der Waals surface area contributed by atoms with Crippen LogP contribution in [0.1, 0.15) is 59.8 Å². The summed E-state index contributed by atoms with van der Waals surface area (Å²) < 4.78 is 47.4. The molecule has 0 aliphatic rings. The number of fused-ring (bicyclic) bond motifs is 1. The van der Waals surface area contributed by atoms with Crippen LogP contribution in [0.25, 0.3) is 22.0 Å². The molecule has 0 fully saturated rings. The Morgan fingerprint density at radius 1 is 1.05 bits per heavy atom. The number of alkyl halides is 3. The number of nitrogens with one attached hydrogen (secondary N) is 1. The molecule has 0 aliphatic carbocycles. The van der Waals surface area contributed by atoms with Crippen molar-refractivity contribution in [2.75, 3.05) is 13.7 Å². The summed E-state index contributed by atoms with van der Waals surface area (Å²) in [5.41, 5.74) is 3.25. The highest BCUT2D eigenvalue weighted by atomic mass is 19.4. The number of benzene rings is 3. The molecular weight excluding hydrogens is 535 g/mol. The van der Waals surface area contributed by atoms with E-state index < -0.39 is 17.7 Å². The fourth-order valence-electron chi connectivity index (χ4n) is 4.98. The van der Waals surface area contributed by atoms with Gasteiger partial charge in [-0.2, -0.15) is 18.3 Å². The summed E-state index contributed by atoms with van der Waals surface area (Å²) in [7, 11) is 1.53. The Kier molecular flexibility index (Phi) is 8.70. The maximum atomic E-state index is 13.2. The highest BCUT2D eigenvalue weighted by Gasteiger charge is 2.31. The van der Waals surface area contributed by atoms with Crippen LogP contribution < -0.4 is 10.1 Å². The van der Waals surface area contributed by atoms with Crippen molar-refractivity contribution in [3.05, 3.63) is 83.0 Å². The van der Waals surface area contributed by atoms with E-state index in [1.165, 1.54) is 13.2 Å². The fourth-order valence-corrected chi connectivity index (χ4v) is 4.98. The van der Waals surface area contributed by atoms with Gasteiger partial charge >= 0.3 is 12.1 Å². The number of carboxylic acids is 1. The first kappa shape index (κ1) is 29.6. The molecule has 0 unspecified atom stereocenters. The average Bonchev–Trinajstić information content (AvgIpc) is 3.34. The molecule has 4 aromatic rings. The molecular formula is C31H32F3N3O4. The lowest BCUT2D eigenvalue weighted by Gasteiger charge is -2.22. The van der Waals surface area contributed by atoms with Gasteiger partial charge in [-0.15, -0.1) is 0 Å². The van der Waals surface area contributed by atoms with Crippen LogP contribution >= 0.6 is 0 Å². The molecule has 1 aromatic heterocycles. The summed E-state index contributed by atoms with van der Waals surface area (Å²) in [6.07, 6.45) is -2.12. The van der Waals surface area contributed by atoms with Crippen LogP contribution in [0.4, 0.5) is 13.2 Å². The SMILES string of the molecule is COc1c(-c2ccc(C(F)(F)F)cc2C)ccc2c1cnn2[C@H](CC(C)C)c1ccc(C(=O)NCCC(=O)O)cc1. The monoisotopic (exact) mass is 567 g/mol. The van der Waals surface area contributed by atoms with Crippen molar-refractivity contribution in [3.63, 3.8) is 0 Å². The van der Waals surface area contributed by atoms with E-state index in [2.05, 4.69) is 19.2 Å². The second-order valence-electron chi connectivity index (χ2n) is 10.4. The first-order valence-electron chi connectivity index (χ1n) is 13.2. The van der Waals surface area contributed by atoms with Crippen molar-refractivity contribution in [1.82, 2.24) is 15.1 Å². The van der Waals surface area contributed by atoms with Gasteiger partial charge < -0.3 is 15.2 Å². The first-order chi connectivity index (χ1) is 19.4. The van der Waals surface area contributed by atoms with E-state index in [-0.39, 0.29) is 24.9 Å². The smallest absolute Gasteiger partial charge is 0.416 e. The van der Waals surface area contributed by atoms with E-state index in [9.17, 15) is 22.8 Å². The first-order valence-corrected chi connectivity index (χ1v) is 13.2. The molecule has 0 saturated heterocycles. The number of aromatic nitrogens is 2. The molecule has 41 heavy (non-hydrogen) atoms. The Bertz CT molecular complexity index is 1560. The minimum Gasteiger partial charge on any atom is -0.495 e. The number of ether oxygens (including phenoxy) is 1. The molecule has 1 atom stereocenters. The van der Waals surface area contributed by atoms with E-state index in [0.717, 1.165) is 35.0 Å². The molecule has 7 nitrogen and oxygen atoms in total. The van der Waals surface area contributed by atoms with Crippen LogP contribution in [0.5, 0.6) is 5.75 Å². The highest BCUT2D eigenvalue weighted by molar-refractivity contribution is 5.95. The largest absolute Gasteiger partial charge is 0.495 e. The topological polar surface area (TPSA) is 93.5 Å². The molecule has 4 rings (SSSR count). The minimum atomic E-state index is -4.42. The van der Waals surface area contributed by atoms with E-state index in [1.807, 2.05) is 28.9 Å². The van der Waals surface area contributed by atoms with Crippen LogP contribution in [0.2, 0.25) is 0 Å². The number of halogens is 3. The zero-order chi connectivity index (χ0) is 29.9. The Hall–Kier alpha value is -4.34. The molecule has 3 aromatic carbocycles. The number of aryl methyl sites for hydroxylation is 1. The number of nitrogens with zero attached hydrogens (tertiary/aromatic N) is 2. The lowest BCUT2D eigenvalue weighted by Crippen LogP contribution is -2.26. The quantitative estimate of drug-likeness (QED) is 0.218. The summed E-state index contributed by atoms with van der Waals surface area (Å²) in [5, 5.41) is 16.8. The second kappa shape index (κ2) is 12.0. The number of hydrogen-bond donors (Lipinski definition) is 2. The Morgan fingerprint density at radius 2 is 1.73 bits per heavy atom. The van der Waals surface area contributed by atoms with E-state index in [4.69, 9.17) is 14.9 Å². The summed E-state index contributed by atoms with van der Waals surface area (Å²) in [6.45, 7) is 5.90. The van der Waals surface area contributed by atoms with Crippen LogP contribution in [0.15, 0.2) is 60.8 Å². The number of hydrogen-bond acceptors (Lipinski definition) is 4. The normalized spacial score (nSPS) is 12.5. The van der Waals surface area contributed by atoms with Gasteiger partial charge in [-0.1, -0.05) is 32.0 Å². The molecule has 0 radical (unpaired) electrons. The van der Waals surface area contributed by atoms with Gasteiger partial charge in [0.2, 0.25) is 0 Å². The van der Waals surface area contributed by atoms with Crippen molar-refractivity contribution in [1.29, 1.82) is 0 Å². The number of rotatable bonds is 10. The third-order valence-corrected chi connectivity index (χ3v) is 6.95. The number of carbonyl (C=O) groups excluding carboxylic acids is 1. The number of methoxy groups -OCH3 is 1. The lowest BCUT2D eigenvalue weighted by atomic mass is 9.95. The highest BCUT2D eigenvalue weighted by Crippen LogP contribution is 2.41. The van der Waals surface area contributed by atoms with Crippen LogP contribution in [-0.2, 0) is 11.0 Å². The lowest BCUT2D eigenvalue weighted by molar-refractivity contribution is -0.138. The molecule has 1 amide bonds. The van der Waals surface area contributed by atoms with Crippen molar-refractivity contribution < 1.29 is 32.6 Å². The predicted molar refractivity (Wildman–Crippen MR) is 150 cm³/mol. The summed E-state index contributed by atoms with van der Waals surface area (Å²) in [4.78, 5) is 23.1. The fraction of sp³-hybridized carbons (Fsp3) is 0.323. The summed E-state index contributed by atoms with van der Waals surface area (Å²) in [6, 6.07) is 14.4. The maximum Gasteiger partial charge on any atom is 0.416 e. The van der Waals surface area contributed by atoms with Gasteiger partial charge in [-0.05, 0) is 72.4 Å². The third-order valence-electron chi connectivity index (χ3n) is 6.95. The van der Waals surface area contributed by atoms with Crippen molar-refractivity contribution >= 4 is 22.8 Å². The Balaban J connectivity index is 1.70. The van der Waals surface area contributed by atoms with Crippen molar-refractivity contribution in [2.24, 2.45) is 5.92 Å². The molecule has 216 valence electrons. The van der Waals surface area contributed by atoms with Crippen LogP contribution in [0.3, 0.4) is 0 Å². The Labute approximate surface area is 235 Å². The van der Waals surface area contributed by atoms with Gasteiger partial charge in [-0.3, -0.25) is 14.3 Å². The van der Waals surface area contributed by atoms with Gasteiger partial charge in [0, 0.05) is 17.7 Å². The number of aliphatic carboxylic acids is 1. The molecule has 0 bridgehead atoms. The summed E-state index contributed by atoms with van der Waals surface area (Å²) >= 11 is 0. The molecule has 2 N–H and O–H groups in total. The van der Waals surface area contributed by atoms with Crippen molar-refractivity contribution in [3.8, 4) is 16.9 Å². The van der Waals surface area contributed by atoms with Crippen LogP contribution in [0, 0.1) is 12.8 Å². The van der Waals surface area contributed by atoms with Gasteiger partial charge in [0.25, 0.3) is 5.91 Å². The zero-order valence-electron chi connectivity index (χ0n) is 23.2. The van der Waals surface area contributed by atoms with Crippen LogP contribution in [-0.4, -0.2) is 40.4 Å².